The molecule has 0 saturated heterocycles. The number of carbonyl (C=O) groups is 1. The summed E-state index contributed by atoms with van der Waals surface area (Å²) in [5.41, 5.74) is 0.577. The van der Waals surface area contributed by atoms with Crippen molar-refractivity contribution in [1.82, 2.24) is 10.2 Å². The fourth-order valence-corrected chi connectivity index (χ4v) is 3.23. The molecule has 2 N–H and O–H groups in total. The molecule has 1 aromatic carbocycles. The van der Waals surface area contributed by atoms with Gasteiger partial charge in [0.1, 0.15) is 11.4 Å². The Labute approximate surface area is 164 Å². The summed E-state index contributed by atoms with van der Waals surface area (Å²) < 4.78 is 5.57. The van der Waals surface area contributed by atoms with Crippen LogP contribution in [-0.4, -0.2) is 41.4 Å². The number of nitrogens with zero attached hydrogens (tertiary/aromatic N) is 2. The maximum atomic E-state index is 12.2. The van der Waals surface area contributed by atoms with E-state index < -0.39 is 4.92 Å². The van der Waals surface area contributed by atoms with Gasteiger partial charge in [0, 0.05) is 24.2 Å². The molecule has 0 aliphatic heterocycles. The molecule has 1 aliphatic rings. The van der Waals surface area contributed by atoms with E-state index in [0.717, 1.165) is 31.7 Å². The minimum atomic E-state index is -0.463. The van der Waals surface area contributed by atoms with Gasteiger partial charge in [-0.2, -0.15) is 0 Å². The van der Waals surface area contributed by atoms with Gasteiger partial charge in [-0.1, -0.05) is 13.8 Å². The van der Waals surface area contributed by atoms with Crippen molar-refractivity contribution in [1.29, 1.82) is 0 Å². The molecule has 0 bridgehead atoms. The monoisotopic (exact) mass is 386 g/mol. The molecule has 1 atom stereocenters. The van der Waals surface area contributed by atoms with Gasteiger partial charge in [-0.25, -0.2) is 0 Å². The first-order valence-electron chi connectivity index (χ1n) is 9.64. The van der Waals surface area contributed by atoms with Gasteiger partial charge in [0.25, 0.3) is 11.6 Å². The highest BCUT2D eigenvalue weighted by Gasteiger charge is 2.26. The third-order valence-electron chi connectivity index (χ3n) is 4.98. The molecule has 0 radical (unpaired) electrons. The van der Waals surface area contributed by atoms with Gasteiger partial charge in [0.05, 0.1) is 17.2 Å². The van der Waals surface area contributed by atoms with Crippen molar-refractivity contribution < 1.29 is 14.1 Å². The van der Waals surface area contributed by atoms with Crippen LogP contribution in [0.5, 0.6) is 0 Å². The molecule has 1 aromatic heterocycles. The normalized spacial score (nSPS) is 14.7. The predicted octanol–water partition coefficient (Wildman–Crippen LogP) is 3.58. The van der Waals surface area contributed by atoms with Crippen LogP contribution < -0.4 is 10.6 Å². The molecule has 1 unspecified atom stereocenters. The number of nitro groups is 1. The van der Waals surface area contributed by atoms with Gasteiger partial charge in [-0.3, -0.25) is 19.8 Å². The SMILES string of the molecule is CCN(CC)C(CNc1ccc(C(=O)NC2CC2)cc1[N+](=O)[O-])c1ccco1. The van der Waals surface area contributed by atoms with Crippen molar-refractivity contribution >= 4 is 17.3 Å². The molecule has 1 heterocycles. The van der Waals surface area contributed by atoms with Crippen LogP contribution in [0.2, 0.25) is 0 Å². The Kier molecular flexibility index (Phi) is 6.30. The Morgan fingerprint density at radius 3 is 2.64 bits per heavy atom. The molecule has 28 heavy (non-hydrogen) atoms. The first-order valence-corrected chi connectivity index (χ1v) is 9.64. The van der Waals surface area contributed by atoms with Crippen LogP contribution in [0.4, 0.5) is 11.4 Å². The van der Waals surface area contributed by atoms with Crippen LogP contribution >= 0.6 is 0 Å². The average molecular weight is 386 g/mol. The number of hydrogen-bond donors (Lipinski definition) is 2. The second-order valence-electron chi connectivity index (χ2n) is 6.87. The second-order valence-corrected chi connectivity index (χ2v) is 6.87. The number of nitrogens with one attached hydrogen (secondary N) is 2. The highest BCUT2D eigenvalue weighted by molar-refractivity contribution is 5.96. The number of amides is 1. The summed E-state index contributed by atoms with van der Waals surface area (Å²) >= 11 is 0. The minimum absolute atomic E-state index is 0.0533. The summed E-state index contributed by atoms with van der Waals surface area (Å²) in [6, 6.07) is 8.44. The smallest absolute Gasteiger partial charge is 0.293 e. The van der Waals surface area contributed by atoms with Crippen LogP contribution in [0.25, 0.3) is 0 Å². The van der Waals surface area contributed by atoms with Crippen LogP contribution in [0, 0.1) is 10.1 Å². The van der Waals surface area contributed by atoms with E-state index in [-0.39, 0.29) is 23.7 Å². The Balaban J connectivity index is 1.77. The van der Waals surface area contributed by atoms with Crippen LogP contribution in [0.3, 0.4) is 0 Å². The number of furan rings is 1. The van der Waals surface area contributed by atoms with E-state index >= 15 is 0 Å². The molecule has 1 amide bonds. The first kappa shape index (κ1) is 19.9. The van der Waals surface area contributed by atoms with Crippen molar-refractivity contribution in [2.24, 2.45) is 0 Å². The maximum Gasteiger partial charge on any atom is 0.293 e. The van der Waals surface area contributed by atoms with Gasteiger partial charge < -0.3 is 15.1 Å². The largest absolute Gasteiger partial charge is 0.468 e. The molecule has 1 aliphatic carbocycles. The van der Waals surface area contributed by atoms with Crippen molar-refractivity contribution in [3.63, 3.8) is 0 Å². The van der Waals surface area contributed by atoms with E-state index in [9.17, 15) is 14.9 Å². The number of nitro benzene ring substituents is 1. The summed E-state index contributed by atoms with van der Waals surface area (Å²) in [5.74, 6) is 0.535. The van der Waals surface area contributed by atoms with E-state index in [1.54, 1.807) is 18.4 Å². The van der Waals surface area contributed by atoms with E-state index in [4.69, 9.17) is 4.42 Å². The van der Waals surface area contributed by atoms with E-state index in [2.05, 4.69) is 29.4 Å². The van der Waals surface area contributed by atoms with E-state index in [1.165, 1.54) is 6.07 Å². The van der Waals surface area contributed by atoms with Gasteiger partial charge in [0.2, 0.25) is 0 Å². The lowest BCUT2D eigenvalue weighted by molar-refractivity contribution is -0.384. The summed E-state index contributed by atoms with van der Waals surface area (Å²) in [6.07, 6.45) is 3.56. The Morgan fingerprint density at radius 1 is 1.32 bits per heavy atom. The molecule has 1 fully saturated rings. The molecule has 1 saturated carbocycles. The second kappa shape index (κ2) is 8.88. The fraction of sp³-hybridized carbons (Fsp3) is 0.450. The van der Waals surface area contributed by atoms with Crippen LogP contribution in [0.15, 0.2) is 41.0 Å². The number of likely N-dealkylation sites (N-methyl/N-ethyl adjacent to an activating group) is 1. The number of rotatable bonds is 10. The summed E-state index contributed by atoms with van der Waals surface area (Å²) in [7, 11) is 0. The molecule has 3 rings (SSSR count). The van der Waals surface area contributed by atoms with Crippen molar-refractivity contribution in [2.45, 2.75) is 38.8 Å². The predicted molar refractivity (Wildman–Crippen MR) is 106 cm³/mol. The highest BCUT2D eigenvalue weighted by Crippen LogP contribution is 2.29. The molecular weight excluding hydrogens is 360 g/mol. The van der Waals surface area contributed by atoms with Crippen molar-refractivity contribution in [2.75, 3.05) is 25.0 Å². The summed E-state index contributed by atoms with van der Waals surface area (Å²) in [6.45, 7) is 6.23. The lowest BCUT2D eigenvalue weighted by Gasteiger charge is -2.28. The van der Waals surface area contributed by atoms with Crippen LogP contribution in [0.1, 0.15) is 48.8 Å². The van der Waals surface area contributed by atoms with Crippen molar-refractivity contribution in [3.05, 3.63) is 58.0 Å². The lowest BCUT2D eigenvalue weighted by Crippen LogP contribution is -2.33. The molecular formula is C20H26N4O4. The first-order chi connectivity index (χ1) is 13.5. The standard InChI is InChI=1S/C20H26N4O4/c1-3-23(4-2)18(19-6-5-11-28-19)13-21-16-10-7-14(12-17(16)24(26)27)20(25)22-15-8-9-15/h5-7,10-12,15,18,21H,3-4,8-9,13H2,1-2H3,(H,22,25). The summed E-state index contributed by atoms with van der Waals surface area (Å²) in [5, 5.41) is 17.6. The Hall–Kier alpha value is -2.87. The molecule has 0 spiro atoms. The third-order valence-corrected chi connectivity index (χ3v) is 4.98. The summed E-state index contributed by atoms with van der Waals surface area (Å²) in [4.78, 5) is 25.5. The number of anilines is 1. The topological polar surface area (TPSA) is 101 Å². The van der Waals surface area contributed by atoms with Gasteiger partial charge >= 0.3 is 0 Å². The molecule has 8 heteroatoms. The zero-order chi connectivity index (χ0) is 20.1. The molecule has 8 nitrogen and oxygen atoms in total. The maximum absolute atomic E-state index is 12.2. The number of benzene rings is 1. The zero-order valence-electron chi connectivity index (χ0n) is 16.2. The van der Waals surface area contributed by atoms with Gasteiger partial charge in [-0.15, -0.1) is 0 Å². The lowest BCUT2D eigenvalue weighted by atomic mass is 10.1. The Morgan fingerprint density at radius 2 is 2.07 bits per heavy atom. The average Bonchev–Trinajstić information content (AvgIpc) is 3.34. The third kappa shape index (κ3) is 4.69. The zero-order valence-corrected chi connectivity index (χ0v) is 16.2. The van der Waals surface area contributed by atoms with Crippen molar-refractivity contribution in [3.8, 4) is 0 Å². The molecule has 2 aromatic rings. The number of hydrogen-bond acceptors (Lipinski definition) is 6. The Bertz CT molecular complexity index is 814. The number of carbonyl (C=O) groups excluding carboxylic acids is 1. The van der Waals surface area contributed by atoms with E-state index in [0.29, 0.717) is 17.8 Å². The molecule has 150 valence electrons. The van der Waals surface area contributed by atoms with Crippen LogP contribution in [-0.2, 0) is 0 Å². The quantitative estimate of drug-likeness (QED) is 0.478. The van der Waals surface area contributed by atoms with Gasteiger partial charge in [-0.05, 0) is 50.2 Å². The minimum Gasteiger partial charge on any atom is -0.468 e. The van der Waals surface area contributed by atoms with Gasteiger partial charge in [0.15, 0.2) is 0 Å². The highest BCUT2D eigenvalue weighted by atomic mass is 16.6. The fourth-order valence-electron chi connectivity index (χ4n) is 3.23. The van der Waals surface area contributed by atoms with E-state index in [1.807, 2.05) is 12.1 Å².